The van der Waals surface area contributed by atoms with Crippen LogP contribution >= 0.6 is 11.6 Å². The van der Waals surface area contributed by atoms with Crippen LogP contribution in [0.3, 0.4) is 0 Å². The molecule has 1 atom stereocenters. The van der Waals surface area contributed by atoms with E-state index in [1.165, 1.54) is 24.2 Å². The highest BCUT2D eigenvalue weighted by molar-refractivity contribution is 6.20. The number of nitrogens with zero attached hydrogens (tertiary/aromatic N) is 3. The third-order valence-corrected chi connectivity index (χ3v) is 4.41. The molecule has 0 N–H and O–H groups in total. The van der Waals surface area contributed by atoms with Gasteiger partial charge in [-0.3, -0.25) is 9.58 Å². The highest BCUT2D eigenvalue weighted by atomic mass is 35.5. The molecule has 0 spiro atoms. The highest BCUT2D eigenvalue weighted by Crippen LogP contribution is 2.24. The summed E-state index contributed by atoms with van der Waals surface area (Å²) in [5, 5.41) is 4.82. The number of piperidine rings is 1. The average molecular weight is 270 g/mol. The maximum Gasteiger partial charge on any atom is 0.0625 e. The second-order valence-electron chi connectivity index (χ2n) is 5.40. The standard InChI is InChI=1S/C14H24ClN3/c1-4-13-9-14(17(3)16-13)10-18-7-5-12(6-8-18)11(2)15/h9,11-12H,4-8,10H2,1-3H3. The van der Waals surface area contributed by atoms with Crippen molar-refractivity contribution in [2.24, 2.45) is 13.0 Å². The summed E-state index contributed by atoms with van der Waals surface area (Å²) in [5.41, 5.74) is 2.51. The maximum atomic E-state index is 6.18. The van der Waals surface area contributed by atoms with Gasteiger partial charge in [-0.05, 0) is 51.3 Å². The van der Waals surface area contributed by atoms with Gasteiger partial charge in [0, 0.05) is 19.0 Å². The quantitative estimate of drug-likeness (QED) is 0.784. The molecule has 0 bridgehead atoms. The fourth-order valence-corrected chi connectivity index (χ4v) is 2.94. The van der Waals surface area contributed by atoms with Crippen LogP contribution in [0.4, 0.5) is 0 Å². The number of likely N-dealkylation sites (tertiary alicyclic amines) is 1. The lowest BCUT2D eigenvalue weighted by molar-refractivity contribution is 0.173. The number of hydrogen-bond donors (Lipinski definition) is 0. The number of rotatable bonds is 4. The van der Waals surface area contributed by atoms with Crippen LogP contribution in [0.1, 0.15) is 38.1 Å². The lowest BCUT2D eigenvalue weighted by Gasteiger charge is -2.32. The van der Waals surface area contributed by atoms with E-state index in [0.29, 0.717) is 11.3 Å². The van der Waals surface area contributed by atoms with E-state index >= 15 is 0 Å². The highest BCUT2D eigenvalue weighted by Gasteiger charge is 2.23. The molecule has 1 aliphatic heterocycles. The number of hydrogen-bond acceptors (Lipinski definition) is 2. The van der Waals surface area contributed by atoms with Gasteiger partial charge in [0.25, 0.3) is 0 Å². The van der Waals surface area contributed by atoms with E-state index in [4.69, 9.17) is 11.6 Å². The molecule has 0 aliphatic carbocycles. The zero-order chi connectivity index (χ0) is 13.1. The minimum Gasteiger partial charge on any atom is -0.298 e. The van der Waals surface area contributed by atoms with E-state index in [0.717, 1.165) is 26.1 Å². The number of halogens is 1. The van der Waals surface area contributed by atoms with Crippen LogP contribution < -0.4 is 0 Å². The summed E-state index contributed by atoms with van der Waals surface area (Å²) in [6.45, 7) is 7.62. The van der Waals surface area contributed by atoms with Crippen molar-refractivity contribution in [3.63, 3.8) is 0 Å². The van der Waals surface area contributed by atoms with Crippen molar-refractivity contribution < 1.29 is 0 Å². The predicted octanol–water partition coefficient (Wildman–Crippen LogP) is 2.82. The average Bonchev–Trinajstić information content (AvgIpc) is 2.71. The molecule has 0 aromatic carbocycles. The fourth-order valence-electron chi connectivity index (χ4n) is 2.69. The summed E-state index contributed by atoms with van der Waals surface area (Å²) >= 11 is 6.18. The second-order valence-corrected chi connectivity index (χ2v) is 6.08. The Kier molecular flexibility index (Phi) is 4.68. The molecular weight excluding hydrogens is 246 g/mol. The van der Waals surface area contributed by atoms with E-state index in [9.17, 15) is 0 Å². The number of alkyl halides is 1. The molecule has 102 valence electrons. The van der Waals surface area contributed by atoms with Crippen LogP contribution in [0.15, 0.2) is 6.07 Å². The van der Waals surface area contributed by atoms with Crippen LogP contribution in [0.25, 0.3) is 0 Å². The first-order chi connectivity index (χ1) is 8.60. The van der Waals surface area contributed by atoms with Crippen LogP contribution in [-0.4, -0.2) is 33.1 Å². The molecule has 18 heavy (non-hydrogen) atoms. The van der Waals surface area contributed by atoms with Gasteiger partial charge in [0.05, 0.1) is 11.4 Å². The molecule has 2 rings (SSSR count). The van der Waals surface area contributed by atoms with Crippen molar-refractivity contribution in [1.82, 2.24) is 14.7 Å². The third-order valence-electron chi connectivity index (χ3n) is 4.06. The molecule has 0 saturated carbocycles. The Morgan fingerprint density at radius 1 is 1.44 bits per heavy atom. The fraction of sp³-hybridized carbons (Fsp3) is 0.786. The molecule has 1 unspecified atom stereocenters. The molecule has 1 saturated heterocycles. The topological polar surface area (TPSA) is 21.1 Å². The lowest BCUT2D eigenvalue weighted by Crippen LogP contribution is -2.35. The Balaban J connectivity index is 1.89. The Morgan fingerprint density at radius 3 is 2.61 bits per heavy atom. The molecule has 0 radical (unpaired) electrons. The maximum absolute atomic E-state index is 6.18. The van der Waals surface area contributed by atoms with Gasteiger partial charge in [0.2, 0.25) is 0 Å². The largest absolute Gasteiger partial charge is 0.298 e. The zero-order valence-electron chi connectivity index (χ0n) is 11.7. The van der Waals surface area contributed by atoms with Crippen molar-refractivity contribution in [2.75, 3.05) is 13.1 Å². The van der Waals surface area contributed by atoms with Crippen molar-refractivity contribution in [3.05, 3.63) is 17.5 Å². The van der Waals surface area contributed by atoms with E-state index in [2.05, 4.69) is 29.9 Å². The Morgan fingerprint density at radius 2 is 2.11 bits per heavy atom. The summed E-state index contributed by atoms with van der Waals surface area (Å²) in [6.07, 6.45) is 3.46. The van der Waals surface area contributed by atoms with Crippen molar-refractivity contribution in [2.45, 2.75) is 45.0 Å². The van der Waals surface area contributed by atoms with Gasteiger partial charge in [-0.2, -0.15) is 5.10 Å². The minimum absolute atomic E-state index is 0.315. The lowest BCUT2D eigenvalue weighted by atomic mass is 9.94. The smallest absolute Gasteiger partial charge is 0.0625 e. The SMILES string of the molecule is CCc1cc(CN2CCC(C(C)Cl)CC2)n(C)n1. The molecule has 0 amide bonds. The second kappa shape index (κ2) is 6.07. The minimum atomic E-state index is 0.315. The molecule has 1 aromatic rings. The summed E-state index contributed by atoms with van der Waals surface area (Å²) in [5.74, 6) is 0.695. The zero-order valence-corrected chi connectivity index (χ0v) is 12.5. The summed E-state index contributed by atoms with van der Waals surface area (Å²) in [7, 11) is 2.04. The van der Waals surface area contributed by atoms with Gasteiger partial charge >= 0.3 is 0 Å². The van der Waals surface area contributed by atoms with E-state index < -0.39 is 0 Å². The third kappa shape index (κ3) is 3.27. The van der Waals surface area contributed by atoms with Gasteiger partial charge in [-0.1, -0.05) is 6.92 Å². The summed E-state index contributed by atoms with van der Waals surface area (Å²) in [6, 6.07) is 2.23. The Labute approximate surface area is 115 Å². The van der Waals surface area contributed by atoms with E-state index in [-0.39, 0.29) is 0 Å². The van der Waals surface area contributed by atoms with Crippen molar-refractivity contribution in [3.8, 4) is 0 Å². The molecule has 1 fully saturated rings. The Bertz CT molecular complexity index is 378. The first kappa shape index (κ1) is 13.9. The van der Waals surface area contributed by atoms with Crippen LogP contribution in [-0.2, 0) is 20.0 Å². The van der Waals surface area contributed by atoms with Crippen molar-refractivity contribution in [1.29, 1.82) is 0 Å². The monoisotopic (exact) mass is 269 g/mol. The Hall–Kier alpha value is -0.540. The predicted molar refractivity (Wildman–Crippen MR) is 75.9 cm³/mol. The normalized spacial score (nSPS) is 20.2. The molecule has 3 nitrogen and oxygen atoms in total. The first-order valence-corrected chi connectivity index (χ1v) is 7.42. The molecular formula is C14H24ClN3. The molecule has 1 aliphatic rings. The van der Waals surface area contributed by atoms with Gasteiger partial charge in [0.15, 0.2) is 0 Å². The molecule has 2 heterocycles. The first-order valence-electron chi connectivity index (χ1n) is 6.98. The van der Waals surface area contributed by atoms with Gasteiger partial charge < -0.3 is 0 Å². The van der Waals surface area contributed by atoms with Gasteiger partial charge in [-0.15, -0.1) is 11.6 Å². The molecule has 4 heteroatoms. The number of aromatic nitrogens is 2. The van der Waals surface area contributed by atoms with E-state index in [1.54, 1.807) is 0 Å². The van der Waals surface area contributed by atoms with Crippen LogP contribution in [0.5, 0.6) is 0 Å². The van der Waals surface area contributed by atoms with Gasteiger partial charge in [0.1, 0.15) is 0 Å². The van der Waals surface area contributed by atoms with Gasteiger partial charge in [-0.25, -0.2) is 0 Å². The molecule has 1 aromatic heterocycles. The van der Waals surface area contributed by atoms with Crippen molar-refractivity contribution >= 4 is 11.6 Å². The van der Waals surface area contributed by atoms with Crippen LogP contribution in [0.2, 0.25) is 0 Å². The van der Waals surface area contributed by atoms with Crippen LogP contribution in [0, 0.1) is 5.92 Å². The summed E-state index contributed by atoms with van der Waals surface area (Å²) < 4.78 is 2.02. The summed E-state index contributed by atoms with van der Waals surface area (Å²) in [4.78, 5) is 2.52. The number of aryl methyl sites for hydroxylation is 2. The van der Waals surface area contributed by atoms with E-state index in [1.807, 2.05) is 11.7 Å².